The van der Waals surface area contributed by atoms with E-state index >= 15 is 0 Å². The van der Waals surface area contributed by atoms with E-state index in [1.54, 1.807) is 18.3 Å². The second-order valence-electron chi connectivity index (χ2n) is 7.60. The highest BCUT2D eigenvalue weighted by Crippen LogP contribution is 2.31. The molecule has 0 atom stereocenters. The number of nitrogens with zero attached hydrogens (tertiary/aromatic N) is 5. The standard InChI is InChI=1S/C22H25N5O3S/c1-14-10-17(31-26-14)11-15(29)13-27(2)22-18-4-3-5-19(18)24-21(25-22)20-12-16(6-7-23-20)30-9-8-28/h6-7,10,12,28H,3-5,8-9,11,13H2,1-2H3. The van der Waals surface area contributed by atoms with E-state index in [4.69, 9.17) is 19.8 Å². The van der Waals surface area contributed by atoms with Gasteiger partial charge in [0, 0.05) is 41.9 Å². The molecule has 9 heteroatoms. The number of aryl methyl sites for hydroxylation is 2. The monoisotopic (exact) mass is 439 g/mol. The number of carbonyl (C=O) groups is 1. The van der Waals surface area contributed by atoms with Crippen molar-refractivity contribution in [1.29, 1.82) is 0 Å². The van der Waals surface area contributed by atoms with Crippen molar-refractivity contribution in [2.45, 2.75) is 32.6 Å². The van der Waals surface area contributed by atoms with Gasteiger partial charge in [-0.1, -0.05) is 0 Å². The lowest BCUT2D eigenvalue weighted by Gasteiger charge is -2.21. The highest BCUT2D eigenvalue weighted by atomic mass is 32.1. The number of anilines is 1. The third-order valence-electron chi connectivity index (χ3n) is 5.06. The van der Waals surface area contributed by atoms with Crippen molar-refractivity contribution in [3.63, 3.8) is 0 Å². The number of ketones is 1. The van der Waals surface area contributed by atoms with Crippen LogP contribution in [0.2, 0.25) is 0 Å². The minimum Gasteiger partial charge on any atom is -0.491 e. The molecule has 0 saturated heterocycles. The van der Waals surface area contributed by atoms with E-state index in [2.05, 4.69) is 9.36 Å². The topological polar surface area (TPSA) is 101 Å². The van der Waals surface area contributed by atoms with Crippen LogP contribution in [0.3, 0.4) is 0 Å². The molecule has 1 aliphatic carbocycles. The van der Waals surface area contributed by atoms with E-state index in [1.807, 2.05) is 24.9 Å². The van der Waals surface area contributed by atoms with Crippen molar-refractivity contribution in [3.8, 4) is 17.3 Å². The van der Waals surface area contributed by atoms with Crippen molar-refractivity contribution < 1.29 is 14.6 Å². The smallest absolute Gasteiger partial charge is 0.180 e. The molecular weight excluding hydrogens is 414 g/mol. The van der Waals surface area contributed by atoms with Crippen LogP contribution < -0.4 is 9.64 Å². The van der Waals surface area contributed by atoms with E-state index in [-0.39, 0.29) is 25.5 Å². The van der Waals surface area contributed by atoms with Crippen LogP contribution >= 0.6 is 11.5 Å². The molecule has 4 rings (SSSR count). The van der Waals surface area contributed by atoms with Crippen molar-refractivity contribution in [3.05, 3.63) is 46.2 Å². The lowest BCUT2D eigenvalue weighted by molar-refractivity contribution is -0.117. The number of Topliss-reactive ketones (excluding diaryl/α,β-unsaturated/α-hetero) is 1. The number of fused-ring (bicyclic) bond motifs is 1. The van der Waals surface area contributed by atoms with E-state index in [0.717, 1.165) is 46.9 Å². The molecule has 0 amide bonds. The van der Waals surface area contributed by atoms with E-state index in [1.165, 1.54) is 11.5 Å². The summed E-state index contributed by atoms with van der Waals surface area (Å²) >= 11 is 1.38. The zero-order chi connectivity index (χ0) is 21.8. The summed E-state index contributed by atoms with van der Waals surface area (Å²) in [5, 5.41) is 8.98. The molecule has 3 aromatic heterocycles. The summed E-state index contributed by atoms with van der Waals surface area (Å²) in [5.74, 6) is 2.03. The predicted octanol–water partition coefficient (Wildman–Crippen LogP) is 2.41. The van der Waals surface area contributed by atoms with Gasteiger partial charge in [0.15, 0.2) is 11.6 Å². The number of rotatable bonds is 9. The Labute approximate surface area is 185 Å². The zero-order valence-corrected chi connectivity index (χ0v) is 18.5. The number of aliphatic hydroxyl groups excluding tert-OH is 1. The molecule has 0 radical (unpaired) electrons. The average molecular weight is 440 g/mol. The zero-order valence-electron chi connectivity index (χ0n) is 17.7. The van der Waals surface area contributed by atoms with Gasteiger partial charge in [0.1, 0.15) is 23.9 Å². The van der Waals surface area contributed by atoms with Crippen LogP contribution in [-0.2, 0) is 24.1 Å². The first-order valence-electron chi connectivity index (χ1n) is 10.3. The van der Waals surface area contributed by atoms with Crippen molar-refractivity contribution in [2.75, 3.05) is 31.7 Å². The van der Waals surface area contributed by atoms with Crippen molar-refractivity contribution >= 4 is 23.1 Å². The Morgan fingerprint density at radius 2 is 2.16 bits per heavy atom. The summed E-state index contributed by atoms with van der Waals surface area (Å²) in [5.41, 5.74) is 3.67. The van der Waals surface area contributed by atoms with Gasteiger partial charge in [-0.25, -0.2) is 9.97 Å². The Bertz CT molecular complexity index is 1080. The summed E-state index contributed by atoms with van der Waals surface area (Å²) < 4.78 is 9.74. The van der Waals surface area contributed by atoms with E-state index in [0.29, 0.717) is 23.7 Å². The van der Waals surface area contributed by atoms with Gasteiger partial charge >= 0.3 is 0 Å². The molecular formula is C22H25N5O3S. The number of ether oxygens (including phenoxy) is 1. The van der Waals surface area contributed by atoms with Gasteiger partial charge in [0.2, 0.25) is 0 Å². The highest BCUT2D eigenvalue weighted by Gasteiger charge is 2.23. The van der Waals surface area contributed by atoms with Gasteiger partial charge in [-0.05, 0) is 49.9 Å². The lowest BCUT2D eigenvalue weighted by Crippen LogP contribution is -2.28. The normalized spacial score (nSPS) is 12.6. The summed E-state index contributed by atoms with van der Waals surface area (Å²) in [6.45, 7) is 2.36. The number of hydrogen-bond donors (Lipinski definition) is 1. The maximum absolute atomic E-state index is 12.7. The molecule has 0 spiro atoms. The first-order valence-corrected chi connectivity index (χ1v) is 11.1. The third-order valence-corrected chi connectivity index (χ3v) is 5.93. The molecule has 1 aliphatic rings. The molecule has 0 fully saturated rings. The minimum atomic E-state index is -0.0585. The van der Waals surface area contributed by atoms with E-state index < -0.39 is 0 Å². The molecule has 162 valence electrons. The Morgan fingerprint density at radius 1 is 1.29 bits per heavy atom. The fourth-order valence-electron chi connectivity index (χ4n) is 3.72. The molecule has 1 N–H and O–H groups in total. The number of pyridine rings is 1. The Balaban J connectivity index is 1.57. The molecule has 31 heavy (non-hydrogen) atoms. The summed E-state index contributed by atoms with van der Waals surface area (Å²) in [6.07, 6.45) is 4.84. The molecule has 8 nitrogen and oxygen atoms in total. The van der Waals surface area contributed by atoms with Crippen LogP contribution in [0, 0.1) is 6.92 Å². The summed E-state index contributed by atoms with van der Waals surface area (Å²) in [6, 6.07) is 5.47. The number of carbonyl (C=O) groups excluding carboxylic acids is 1. The van der Waals surface area contributed by atoms with Gasteiger partial charge in [-0.2, -0.15) is 4.37 Å². The van der Waals surface area contributed by atoms with Crippen LogP contribution in [0.4, 0.5) is 5.82 Å². The second-order valence-corrected chi connectivity index (χ2v) is 8.49. The minimum absolute atomic E-state index is 0.0585. The molecule has 0 aromatic carbocycles. The lowest BCUT2D eigenvalue weighted by atomic mass is 10.2. The second kappa shape index (κ2) is 9.49. The quantitative estimate of drug-likeness (QED) is 0.542. The van der Waals surface area contributed by atoms with Gasteiger partial charge in [-0.15, -0.1) is 0 Å². The van der Waals surface area contributed by atoms with Crippen LogP contribution in [0.1, 0.15) is 28.2 Å². The van der Waals surface area contributed by atoms with Crippen LogP contribution in [0.15, 0.2) is 24.4 Å². The third kappa shape index (κ3) is 5.05. The number of aromatic nitrogens is 4. The Hall–Kier alpha value is -2.91. The largest absolute Gasteiger partial charge is 0.491 e. The number of likely N-dealkylation sites (N-methyl/N-ethyl adjacent to an activating group) is 1. The molecule has 0 unspecified atom stereocenters. The summed E-state index contributed by atoms with van der Waals surface area (Å²) in [4.78, 5) is 29.5. The molecule has 3 aromatic rings. The predicted molar refractivity (Wildman–Crippen MR) is 119 cm³/mol. The Morgan fingerprint density at radius 3 is 2.94 bits per heavy atom. The molecule has 0 saturated carbocycles. The average Bonchev–Trinajstić information content (AvgIpc) is 3.40. The highest BCUT2D eigenvalue weighted by molar-refractivity contribution is 7.05. The fourth-order valence-corrected chi connectivity index (χ4v) is 4.48. The van der Waals surface area contributed by atoms with Gasteiger partial charge in [0.05, 0.1) is 18.8 Å². The molecule has 0 aliphatic heterocycles. The number of aliphatic hydroxyl groups is 1. The maximum atomic E-state index is 12.7. The Kier molecular flexibility index (Phi) is 6.53. The van der Waals surface area contributed by atoms with Crippen LogP contribution in [0.25, 0.3) is 11.5 Å². The maximum Gasteiger partial charge on any atom is 0.180 e. The van der Waals surface area contributed by atoms with Crippen LogP contribution in [0.5, 0.6) is 5.75 Å². The van der Waals surface area contributed by atoms with Gasteiger partial charge < -0.3 is 14.7 Å². The SMILES string of the molecule is Cc1cc(CC(=O)CN(C)c2nc(-c3cc(OCCO)ccn3)nc3c2CCC3)sn1. The van der Waals surface area contributed by atoms with Crippen molar-refractivity contribution in [1.82, 2.24) is 19.3 Å². The van der Waals surface area contributed by atoms with E-state index in [9.17, 15) is 4.79 Å². The first kappa shape index (κ1) is 21.3. The molecule has 3 heterocycles. The molecule has 0 bridgehead atoms. The fraction of sp³-hybridized carbons (Fsp3) is 0.409. The number of hydrogen-bond acceptors (Lipinski definition) is 9. The summed E-state index contributed by atoms with van der Waals surface area (Å²) in [7, 11) is 1.90. The van der Waals surface area contributed by atoms with Crippen LogP contribution in [-0.4, -0.2) is 57.0 Å². The first-order chi connectivity index (χ1) is 15.0. The van der Waals surface area contributed by atoms with Crippen molar-refractivity contribution in [2.24, 2.45) is 0 Å². The van der Waals surface area contributed by atoms with Gasteiger partial charge in [0.25, 0.3) is 0 Å². The van der Waals surface area contributed by atoms with Gasteiger partial charge in [-0.3, -0.25) is 9.78 Å².